The molecule has 1 aromatic carbocycles. The molecule has 0 bridgehead atoms. The maximum absolute atomic E-state index is 6.18. The SMILES string of the molecule is CC(C)C1=Nc2ccc3c(c(N)cn3N)c2CN1C(C)(C)C. The highest BCUT2D eigenvalue weighted by molar-refractivity contribution is 6.00. The molecule has 0 unspecified atom stereocenters. The van der Waals surface area contributed by atoms with Crippen LogP contribution in [0.1, 0.15) is 40.2 Å². The molecule has 5 nitrogen and oxygen atoms in total. The molecule has 3 rings (SSSR count). The molecular formula is C17H25N5. The van der Waals surface area contributed by atoms with Gasteiger partial charge in [0.15, 0.2) is 0 Å². The fourth-order valence-corrected chi connectivity index (χ4v) is 3.15. The lowest BCUT2D eigenvalue weighted by Gasteiger charge is -2.42. The topological polar surface area (TPSA) is 72.6 Å². The van der Waals surface area contributed by atoms with E-state index in [0.717, 1.165) is 29.0 Å². The maximum Gasteiger partial charge on any atom is 0.108 e. The Hall–Kier alpha value is -2.17. The standard InChI is InChI=1S/C17H25N5/c1-10(2)16-20-13-6-7-14-15(12(18)9-22(14)19)11(13)8-21(16)17(3,4)5/h6-7,9-10H,8,18-19H2,1-5H3. The average Bonchev–Trinajstić information content (AvgIpc) is 2.71. The Morgan fingerprint density at radius 2 is 1.91 bits per heavy atom. The predicted octanol–water partition coefficient (Wildman–Crippen LogP) is 3.24. The van der Waals surface area contributed by atoms with E-state index < -0.39 is 0 Å². The molecule has 5 heteroatoms. The first-order valence-corrected chi connectivity index (χ1v) is 7.74. The zero-order chi connectivity index (χ0) is 16.2. The smallest absolute Gasteiger partial charge is 0.108 e. The Balaban J connectivity index is 2.27. The van der Waals surface area contributed by atoms with Crippen LogP contribution in [0, 0.1) is 5.92 Å². The number of nitrogen functional groups attached to an aromatic ring is 2. The number of fused-ring (bicyclic) bond motifs is 3. The van der Waals surface area contributed by atoms with Gasteiger partial charge >= 0.3 is 0 Å². The summed E-state index contributed by atoms with van der Waals surface area (Å²) in [6, 6.07) is 4.04. The van der Waals surface area contributed by atoms with Crippen LogP contribution in [0.4, 0.5) is 11.4 Å². The van der Waals surface area contributed by atoms with Gasteiger partial charge in [0.2, 0.25) is 0 Å². The van der Waals surface area contributed by atoms with Gasteiger partial charge in [-0.25, -0.2) is 4.99 Å². The second-order valence-electron chi connectivity index (χ2n) is 7.33. The molecular weight excluding hydrogens is 274 g/mol. The van der Waals surface area contributed by atoms with Crippen LogP contribution in [-0.4, -0.2) is 21.0 Å². The Kier molecular flexibility index (Phi) is 3.13. The van der Waals surface area contributed by atoms with Crippen molar-refractivity contribution in [2.24, 2.45) is 10.9 Å². The van der Waals surface area contributed by atoms with Crippen molar-refractivity contribution < 1.29 is 0 Å². The van der Waals surface area contributed by atoms with Crippen molar-refractivity contribution in [2.75, 3.05) is 11.6 Å². The summed E-state index contributed by atoms with van der Waals surface area (Å²) in [6.45, 7) is 11.8. The molecule has 0 radical (unpaired) electrons. The molecule has 4 N–H and O–H groups in total. The highest BCUT2D eigenvalue weighted by Crippen LogP contribution is 2.39. The molecule has 0 amide bonds. The number of aliphatic imine (C=N–C) groups is 1. The first-order chi connectivity index (χ1) is 10.2. The molecule has 1 aliphatic rings. The minimum Gasteiger partial charge on any atom is -0.397 e. The van der Waals surface area contributed by atoms with E-state index in [1.807, 2.05) is 12.1 Å². The summed E-state index contributed by atoms with van der Waals surface area (Å²) in [5.41, 5.74) is 10.0. The first-order valence-electron chi connectivity index (χ1n) is 7.74. The van der Waals surface area contributed by atoms with E-state index >= 15 is 0 Å². The monoisotopic (exact) mass is 299 g/mol. The number of nitrogens with two attached hydrogens (primary N) is 2. The third kappa shape index (κ3) is 2.12. The van der Waals surface area contributed by atoms with Crippen LogP contribution < -0.4 is 11.6 Å². The quantitative estimate of drug-likeness (QED) is 0.794. The lowest BCUT2D eigenvalue weighted by molar-refractivity contribution is 0.218. The Bertz CT molecular complexity index is 761. The van der Waals surface area contributed by atoms with E-state index in [9.17, 15) is 0 Å². The molecule has 1 aromatic heterocycles. The van der Waals surface area contributed by atoms with E-state index in [2.05, 4.69) is 39.5 Å². The fourth-order valence-electron chi connectivity index (χ4n) is 3.15. The molecule has 0 fully saturated rings. The summed E-state index contributed by atoms with van der Waals surface area (Å²) in [5.74, 6) is 7.50. The number of nitrogens with zero attached hydrogens (tertiary/aromatic N) is 3. The van der Waals surface area contributed by atoms with Gasteiger partial charge in [-0.1, -0.05) is 13.8 Å². The summed E-state index contributed by atoms with van der Waals surface area (Å²) < 4.78 is 1.59. The third-order valence-corrected chi connectivity index (χ3v) is 4.27. The Morgan fingerprint density at radius 1 is 1.23 bits per heavy atom. The number of amidine groups is 1. The second-order valence-corrected chi connectivity index (χ2v) is 7.33. The predicted molar refractivity (Wildman–Crippen MR) is 93.7 cm³/mol. The zero-order valence-corrected chi connectivity index (χ0v) is 14.0. The summed E-state index contributed by atoms with van der Waals surface area (Å²) in [5, 5.41) is 1.03. The average molecular weight is 299 g/mol. The van der Waals surface area contributed by atoms with Gasteiger partial charge in [-0.2, -0.15) is 0 Å². The largest absolute Gasteiger partial charge is 0.397 e. The molecule has 0 atom stereocenters. The van der Waals surface area contributed by atoms with Crippen molar-refractivity contribution in [1.29, 1.82) is 0 Å². The van der Waals surface area contributed by atoms with Crippen LogP contribution >= 0.6 is 0 Å². The van der Waals surface area contributed by atoms with Gasteiger partial charge in [0.05, 0.1) is 16.9 Å². The molecule has 0 saturated heterocycles. The van der Waals surface area contributed by atoms with Crippen LogP contribution in [-0.2, 0) is 6.54 Å². The number of aromatic nitrogens is 1. The summed E-state index contributed by atoms with van der Waals surface area (Å²) in [6.07, 6.45) is 1.77. The Labute approximate surface area is 131 Å². The molecule has 0 spiro atoms. The highest BCUT2D eigenvalue weighted by Gasteiger charge is 2.31. The van der Waals surface area contributed by atoms with Crippen LogP contribution in [0.15, 0.2) is 23.3 Å². The van der Waals surface area contributed by atoms with Crippen molar-refractivity contribution in [3.63, 3.8) is 0 Å². The minimum absolute atomic E-state index is 0.00298. The van der Waals surface area contributed by atoms with Crippen LogP contribution in [0.5, 0.6) is 0 Å². The van der Waals surface area contributed by atoms with Crippen molar-refractivity contribution in [3.05, 3.63) is 23.9 Å². The number of hydrogen-bond acceptors (Lipinski definition) is 4. The summed E-state index contributed by atoms with van der Waals surface area (Å²) in [7, 11) is 0. The van der Waals surface area contributed by atoms with Crippen molar-refractivity contribution in [2.45, 2.75) is 46.7 Å². The molecule has 22 heavy (non-hydrogen) atoms. The second kappa shape index (κ2) is 4.66. The van der Waals surface area contributed by atoms with Gasteiger partial charge in [0.25, 0.3) is 0 Å². The molecule has 2 aromatic rings. The van der Waals surface area contributed by atoms with Gasteiger partial charge in [-0.05, 0) is 32.9 Å². The lowest BCUT2D eigenvalue weighted by atomic mass is 9.96. The van der Waals surface area contributed by atoms with Crippen LogP contribution in [0.25, 0.3) is 10.9 Å². The van der Waals surface area contributed by atoms with E-state index in [1.165, 1.54) is 5.56 Å². The molecule has 0 saturated carbocycles. The lowest BCUT2D eigenvalue weighted by Crippen LogP contribution is -2.48. The number of rotatable bonds is 1. The number of benzene rings is 1. The van der Waals surface area contributed by atoms with Gasteiger partial charge in [0.1, 0.15) is 5.84 Å². The number of anilines is 1. The van der Waals surface area contributed by atoms with Gasteiger partial charge in [0, 0.05) is 35.1 Å². The van der Waals surface area contributed by atoms with Crippen LogP contribution in [0.2, 0.25) is 0 Å². The zero-order valence-electron chi connectivity index (χ0n) is 14.0. The molecule has 118 valence electrons. The van der Waals surface area contributed by atoms with E-state index in [4.69, 9.17) is 16.6 Å². The minimum atomic E-state index is 0.00298. The Morgan fingerprint density at radius 3 is 2.50 bits per heavy atom. The van der Waals surface area contributed by atoms with Crippen molar-refractivity contribution in [3.8, 4) is 0 Å². The molecule has 2 heterocycles. The van der Waals surface area contributed by atoms with Crippen molar-refractivity contribution in [1.82, 2.24) is 9.58 Å². The molecule has 0 aliphatic carbocycles. The van der Waals surface area contributed by atoms with E-state index in [0.29, 0.717) is 11.6 Å². The normalized spacial score (nSPS) is 15.4. The molecule has 1 aliphatic heterocycles. The third-order valence-electron chi connectivity index (χ3n) is 4.27. The summed E-state index contributed by atoms with van der Waals surface area (Å²) in [4.78, 5) is 7.30. The van der Waals surface area contributed by atoms with Gasteiger partial charge in [-0.15, -0.1) is 0 Å². The van der Waals surface area contributed by atoms with Gasteiger partial charge in [-0.3, -0.25) is 4.68 Å². The summed E-state index contributed by atoms with van der Waals surface area (Å²) >= 11 is 0. The maximum atomic E-state index is 6.18. The van der Waals surface area contributed by atoms with E-state index in [1.54, 1.807) is 10.9 Å². The number of hydrogen-bond donors (Lipinski definition) is 2. The first kappa shape index (κ1) is 14.8. The fraction of sp³-hybridized carbons (Fsp3) is 0.471. The van der Waals surface area contributed by atoms with Crippen LogP contribution in [0.3, 0.4) is 0 Å². The van der Waals surface area contributed by atoms with Gasteiger partial charge < -0.3 is 16.5 Å². The van der Waals surface area contributed by atoms with Crippen molar-refractivity contribution >= 4 is 28.1 Å². The van der Waals surface area contributed by atoms with E-state index in [-0.39, 0.29) is 5.54 Å². The highest BCUT2D eigenvalue weighted by atomic mass is 15.3.